The Kier molecular flexibility index (Phi) is 9.32. The van der Waals surface area contributed by atoms with Crippen LogP contribution in [-0.4, -0.2) is 18.2 Å². The van der Waals surface area contributed by atoms with Crippen LogP contribution in [0, 0.1) is 17.2 Å². The van der Waals surface area contributed by atoms with Crippen LogP contribution in [0.25, 0.3) is 11.1 Å². The van der Waals surface area contributed by atoms with Gasteiger partial charge in [-0.05, 0) is 89.1 Å². The molecule has 5 heteroatoms. The molecule has 1 atom stereocenters. The molecule has 0 saturated heterocycles. The average Bonchev–Trinajstić information content (AvgIpc) is 3.80. The second-order valence-electron chi connectivity index (χ2n) is 11.0. The first-order valence-electron chi connectivity index (χ1n) is 14.2. The zero-order valence-electron chi connectivity index (χ0n) is 23.6. The fourth-order valence-corrected chi connectivity index (χ4v) is 5.76. The van der Waals surface area contributed by atoms with Gasteiger partial charge in [-0.1, -0.05) is 70.4 Å². The lowest BCUT2D eigenvalue weighted by atomic mass is 9.74. The summed E-state index contributed by atoms with van der Waals surface area (Å²) in [6, 6.07) is 18.9. The normalized spacial score (nSPS) is 14.2. The summed E-state index contributed by atoms with van der Waals surface area (Å²) in [5, 5.41) is 9.40. The molecule has 0 aromatic heterocycles. The Bertz CT molecular complexity index is 1270. The Morgan fingerprint density at radius 3 is 2.33 bits per heavy atom. The average molecular weight is 533 g/mol. The van der Waals surface area contributed by atoms with Gasteiger partial charge in [-0.25, -0.2) is 4.39 Å². The summed E-state index contributed by atoms with van der Waals surface area (Å²) < 4.78 is 26.7. The van der Waals surface area contributed by atoms with E-state index in [9.17, 15) is 9.90 Å². The van der Waals surface area contributed by atoms with Crippen molar-refractivity contribution in [2.75, 3.05) is 7.11 Å². The number of methoxy groups -OCH3 is 1. The summed E-state index contributed by atoms with van der Waals surface area (Å²) in [5.74, 6) is 0.846. The lowest BCUT2D eigenvalue weighted by molar-refractivity contribution is -0.137. The third kappa shape index (κ3) is 7.00. The summed E-state index contributed by atoms with van der Waals surface area (Å²) in [4.78, 5) is 11.4. The number of benzene rings is 3. The van der Waals surface area contributed by atoms with E-state index in [4.69, 9.17) is 9.47 Å². The Balaban J connectivity index is 1.62. The van der Waals surface area contributed by atoms with Gasteiger partial charge in [0.25, 0.3) is 0 Å². The first-order chi connectivity index (χ1) is 18.8. The van der Waals surface area contributed by atoms with Crippen molar-refractivity contribution in [1.29, 1.82) is 0 Å². The minimum Gasteiger partial charge on any atom is -0.497 e. The van der Waals surface area contributed by atoms with Gasteiger partial charge in [-0.3, -0.25) is 4.79 Å². The van der Waals surface area contributed by atoms with Gasteiger partial charge >= 0.3 is 5.97 Å². The Morgan fingerprint density at radius 1 is 0.974 bits per heavy atom. The maximum absolute atomic E-state index is 15.0. The van der Waals surface area contributed by atoms with Crippen molar-refractivity contribution < 1.29 is 23.8 Å². The first kappa shape index (κ1) is 28.7. The van der Waals surface area contributed by atoms with Crippen LogP contribution in [-0.2, 0) is 17.8 Å². The first-order valence-corrected chi connectivity index (χ1v) is 14.2. The molecule has 39 heavy (non-hydrogen) atoms. The minimum absolute atomic E-state index is 0.0522. The number of carboxylic acids is 1. The predicted molar refractivity (Wildman–Crippen MR) is 154 cm³/mol. The molecule has 0 spiro atoms. The molecule has 0 bridgehead atoms. The summed E-state index contributed by atoms with van der Waals surface area (Å²) in [6.07, 6.45) is 6.29. The zero-order chi connectivity index (χ0) is 28.0. The third-order valence-electron chi connectivity index (χ3n) is 8.73. The smallest absolute Gasteiger partial charge is 0.303 e. The molecular formula is C34H41FO4. The highest BCUT2D eigenvalue weighted by Crippen LogP contribution is 2.45. The molecule has 1 N–H and O–H groups in total. The molecule has 4 rings (SSSR count). The standard InChI is InChI=1S/C34H41FO4/c1-5-34(6-2,7-3)21-26-18-28(13-15-29(26)31-19-27(38-4)14-16-32(31)35)39-22-23-9-8-10-25(17-23)30(20-33(36)37)24-11-12-24/h8-10,13-19,24,30H,5-7,11-12,20-22H2,1-4H3,(H,36,37). The largest absolute Gasteiger partial charge is 0.497 e. The second kappa shape index (κ2) is 12.7. The van der Waals surface area contributed by atoms with Crippen molar-refractivity contribution in [3.63, 3.8) is 0 Å². The highest BCUT2D eigenvalue weighted by molar-refractivity contribution is 5.71. The fourth-order valence-electron chi connectivity index (χ4n) is 5.76. The minimum atomic E-state index is -0.754. The van der Waals surface area contributed by atoms with Crippen LogP contribution in [0.5, 0.6) is 11.5 Å². The molecular weight excluding hydrogens is 491 g/mol. The van der Waals surface area contributed by atoms with Crippen molar-refractivity contribution >= 4 is 5.97 Å². The molecule has 1 aliphatic carbocycles. The Labute approximate surface area is 232 Å². The van der Waals surface area contributed by atoms with E-state index in [-0.39, 0.29) is 23.6 Å². The highest BCUT2D eigenvalue weighted by Gasteiger charge is 2.33. The number of hydrogen-bond donors (Lipinski definition) is 1. The summed E-state index contributed by atoms with van der Waals surface area (Å²) in [7, 11) is 1.59. The molecule has 208 valence electrons. The zero-order valence-corrected chi connectivity index (χ0v) is 23.6. The third-order valence-corrected chi connectivity index (χ3v) is 8.73. The van der Waals surface area contributed by atoms with Gasteiger partial charge in [-0.15, -0.1) is 0 Å². The Morgan fingerprint density at radius 2 is 1.69 bits per heavy atom. The van der Waals surface area contributed by atoms with E-state index >= 15 is 4.39 Å². The lowest BCUT2D eigenvalue weighted by Crippen LogP contribution is -2.21. The van der Waals surface area contributed by atoms with Gasteiger partial charge in [0.15, 0.2) is 0 Å². The predicted octanol–water partition coefficient (Wildman–Crippen LogP) is 8.81. The lowest BCUT2D eigenvalue weighted by Gasteiger charge is -2.31. The number of ether oxygens (including phenoxy) is 2. The topological polar surface area (TPSA) is 55.8 Å². The molecule has 0 heterocycles. The molecule has 4 nitrogen and oxygen atoms in total. The summed E-state index contributed by atoms with van der Waals surface area (Å²) in [6.45, 7) is 7.06. The number of rotatable bonds is 14. The van der Waals surface area contributed by atoms with Crippen LogP contribution in [0.1, 0.15) is 81.9 Å². The molecule has 3 aromatic carbocycles. The van der Waals surface area contributed by atoms with Crippen LogP contribution >= 0.6 is 0 Å². The van der Waals surface area contributed by atoms with E-state index < -0.39 is 5.97 Å². The van der Waals surface area contributed by atoms with Gasteiger partial charge in [0.1, 0.15) is 23.9 Å². The van der Waals surface area contributed by atoms with Crippen LogP contribution in [0.2, 0.25) is 0 Å². The van der Waals surface area contributed by atoms with Crippen LogP contribution in [0.15, 0.2) is 60.7 Å². The maximum atomic E-state index is 15.0. The summed E-state index contributed by atoms with van der Waals surface area (Å²) in [5.41, 5.74) is 4.67. The molecule has 0 aliphatic heterocycles. The number of aliphatic carboxylic acids is 1. The van der Waals surface area contributed by atoms with E-state index in [0.717, 1.165) is 66.5 Å². The molecule has 0 amide bonds. The van der Waals surface area contributed by atoms with Crippen LogP contribution < -0.4 is 9.47 Å². The van der Waals surface area contributed by atoms with E-state index in [1.54, 1.807) is 19.2 Å². The molecule has 0 radical (unpaired) electrons. The van der Waals surface area contributed by atoms with Crippen LogP contribution in [0.4, 0.5) is 4.39 Å². The van der Waals surface area contributed by atoms with E-state index in [1.165, 1.54) is 6.07 Å². The van der Waals surface area contributed by atoms with E-state index in [1.807, 2.05) is 30.3 Å². The fraction of sp³-hybridized carbons (Fsp3) is 0.441. The van der Waals surface area contributed by atoms with Gasteiger partial charge in [0, 0.05) is 5.56 Å². The van der Waals surface area contributed by atoms with Crippen molar-refractivity contribution in [2.24, 2.45) is 11.3 Å². The van der Waals surface area contributed by atoms with E-state index in [0.29, 0.717) is 23.8 Å². The van der Waals surface area contributed by atoms with Gasteiger partial charge in [0.05, 0.1) is 13.5 Å². The van der Waals surface area contributed by atoms with Gasteiger partial charge < -0.3 is 14.6 Å². The monoisotopic (exact) mass is 532 g/mol. The van der Waals surface area contributed by atoms with Crippen molar-refractivity contribution in [3.8, 4) is 22.6 Å². The highest BCUT2D eigenvalue weighted by atomic mass is 19.1. The second-order valence-corrected chi connectivity index (χ2v) is 11.0. The van der Waals surface area contributed by atoms with Crippen molar-refractivity contribution in [2.45, 2.75) is 78.2 Å². The number of halogens is 1. The number of carboxylic acid groups (broad SMARTS) is 1. The van der Waals surface area contributed by atoms with Crippen LogP contribution in [0.3, 0.4) is 0 Å². The SMILES string of the molecule is CCC(CC)(CC)Cc1cc(OCc2cccc(C(CC(=O)O)C3CC3)c2)ccc1-c1cc(OC)ccc1F. The maximum Gasteiger partial charge on any atom is 0.303 e. The molecule has 1 aliphatic rings. The van der Waals surface area contributed by atoms with Crippen molar-refractivity contribution in [3.05, 3.63) is 83.2 Å². The summed E-state index contributed by atoms with van der Waals surface area (Å²) >= 11 is 0. The quantitative estimate of drug-likeness (QED) is 0.225. The molecule has 1 saturated carbocycles. The van der Waals surface area contributed by atoms with Gasteiger partial charge in [0.2, 0.25) is 0 Å². The number of carbonyl (C=O) groups is 1. The van der Waals surface area contributed by atoms with Crippen molar-refractivity contribution in [1.82, 2.24) is 0 Å². The molecule has 3 aromatic rings. The van der Waals surface area contributed by atoms with E-state index in [2.05, 4.69) is 32.9 Å². The molecule has 1 unspecified atom stereocenters. The number of hydrogen-bond acceptors (Lipinski definition) is 3. The molecule has 1 fully saturated rings. The Hall–Kier alpha value is -3.34. The van der Waals surface area contributed by atoms with Gasteiger partial charge in [-0.2, -0.15) is 0 Å².